The van der Waals surface area contributed by atoms with Gasteiger partial charge in [-0.05, 0) is 96.1 Å². The van der Waals surface area contributed by atoms with Crippen molar-refractivity contribution in [2.24, 2.45) is 0 Å². The SMILES string of the molecule is CN1c2ccc(Cl)cc2N(c2ccccc2)C(=O)c2c1ncn2Cc1ccc(O)cc1.COc1ccc(Cn2cnc3c2C(=O)N(c2ccccc2)c2cc(Cl)ccc2N3C)cc1. The number of imidazole rings is 2. The van der Waals surface area contributed by atoms with Crippen LogP contribution in [0.1, 0.15) is 32.1 Å². The van der Waals surface area contributed by atoms with Crippen LogP contribution in [0.15, 0.2) is 158 Å². The van der Waals surface area contributed by atoms with Crippen LogP contribution in [0.3, 0.4) is 0 Å². The Bertz CT molecular complexity index is 2960. The molecule has 2 amide bonds. The molecule has 0 spiro atoms. The number of carbonyl (C=O) groups is 2. The second kappa shape index (κ2) is 17.1. The molecular formula is C49H40Cl2N8O4. The summed E-state index contributed by atoms with van der Waals surface area (Å²) in [5, 5.41) is 10.7. The number of aromatic nitrogens is 4. The maximum Gasteiger partial charge on any atom is 0.283 e. The summed E-state index contributed by atoms with van der Waals surface area (Å²) in [5.74, 6) is 1.81. The van der Waals surface area contributed by atoms with Gasteiger partial charge in [0.1, 0.15) is 11.5 Å². The minimum Gasteiger partial charge on any atom is -0.508 e. The van der Waals surface area contributed by atoms with Gasteiger partial charge in [0.15, 0.2) is 23.0 Å². The lowest BCUT2D eigenvalue weighted by atomic mass is 10.2. The van der Waals surface area contributed by atoms with Crippen LogP contribution in [0.25, 0.3) is 0 Å². The molecule has 12 nitrogen and oxygen atoms in total. The standard InChI is InChI=1S/C25H21ClN4O2.C24H19ClN4O2/c1-28-21-13-10-18(26)14-22(21)30(19-6-4-3-5-7-19)25(31)23-24(28)27-16-29(23)15-17-8-11-20(32-2)12-9-17;1-27-20-12-9-17(25)13-21(20)29(18-5-3-2-4-6-18)24(31)22-23(27)26-15-28(22)14-16-7-10-19(30)11-8-16/h3-14,16H,15H2,1-2H3;2-13,15,30H,14H2,1H3. The van der Waals surface area contributed by atoms with Crippen LogP contribution in [0, 0.1) is 0 Å². The van der Waals surface area contributed by atoms with Crippen molar-refractivity contribution in [1.29, 1.82) is 0 Å². The Morgan fingerprint density at radius 3 is 1.37 bits per heavy atom. The third kappa shape index (κ3) is 7.82. The van der Waals surface area contributed by atoms with Crippen molar-refractivity contribution in [2.45, 2.75) is 13.1 Å². The van der Waals surface area contributed by atoms with Crippen LogP contribution >= 0.6 is 23.2 Å². The first-order valence-corrected chi connectivity index (χ1v) is 20.7. The van der Waals surface area contributed by atoms with Gasteiger partial charge in [-0.2, -0.15) is 0 Å². The number of phenols is 1. The number of methoxy groups -OCH3 is 1. The monoisotopic (exact) mass is 874 g/mol. The number of amides is 2. The summed E-state index contributed by atoms with van der Waals surface area (Å²) >= 11 is 12.7. The molecule has 314 valence electrons. The zero-order valence-corrected chi connectivity index (χ0v) is 35.9. The van der Waals surface area contributed by atoms with E-state index in [0.717, 1.165) is 39.6 Å². The van der Waals surface area contributed by atoms with E-state index in [2.05, 4.69) is 9.97 Å². The number of rotatable bonds is 7. The molecule has 14 heteroatoms. The lowest BCUT2D eigenvalue weighted by Gasteiger charge is -2.25. The highest BCUT2D eigenvalue weighted by Crippen LogP contribution is 2.45. The Balaban J connectivity index is 0.000000160. The smallest absolute Gasteiger partial charge is 0.283 e. The largest absolute Gasteiger partial charge is 0.508 e. The van der Waals surface area contributed by atoms with E-state index < -0.39 is 0 Å². The molecule has 4 heterocycles. The molecule has 0 radical (unpaired) electrons. The first kappa shape index (κ1) is 40.8. The summed E-state index contributed by atoms with van der Waals surface area (Å²) in [6.07, 6.45) is 3.39. The van der Waals surface area contributed by atoms with Gasteiger partial charge in [0.05, 0.1) is 42.5 Å². The van der Waals surface area contributed by atoms with Crippen molar-refractivity contribution in [1.82, 2.24) is 19.1 Å². The van der Waals surface area contributed by atoms with Gasteiger partial charge in [-0.1, -0.05) is 83.9 Å². The molecule has 2 aliphatic heterocycles. The molecule has 0 unspecified atom stereocenters. The van der Waals surface area contributed by atoms with Gasteiger partial charge in [0, 0.05) is 48.6 Å². The number of halogens is 2. The predicted octanol–water partition coefficient (Wildman–Crippen LogP) is 11.0. The van der Waals surface area contributed by atoms with E-state index in [-0.39, 0.29) is 17.6 Å². The Morgan fingerprint density at radius 2 is 0.952 bits per heavy atom. The third-order valence-corrected chi connectivity index (χ3v) is 11.5. The number of hydrogen-bond donors (Lipinski definition) is 1. The molecule has 1 N–H and O–H groups in total. The fraction of sp³-hybridized carbons (Fsp3) is 0.102. The molecule has 0 saturated carbocycles. The molecule has 6 aromatic carbocycles. The fourth-order valence-electron chi connectivity index (χ4n) is 7.88. The molecule has 8 aromatic rings. The van der Waals surface area contributed by atoms with E-state index in [1.54, 1.807) is 47.8 Å². The Hall–Kier alpha value is -7.54. The minimum atomic E-state index is -0.189. The predicted molar refractivity (Wildman–Crippen MR) is 249 cm³/mol. The first-order chi connectivity index (χ1) is 30.6. The average molecular weight is 876 g/mol. The number of fused-ring (bicyclic) bond motifs is 4. The van der Waals surface area contributed by atoms with Gasteiger partial charge in [-0.25, -0.2) is 9.97 Å². The van der Waals surface area contributed by atoms with E-state index in [1.807, 2.05) is 160 Å². The number of ether oxygens (including phenoxy) is 1. The van der Waals surface area contributed by atoms with Crippen molar-refractivity contribution < 1.29 is 19.4 Å². The zero-order chi connectivity index (χ0) is 43.8. The average Bonchev–Trinajstić information content (AvgIpc) is 3.88. The van der Waals surface area contributed by atoms with E-state index in [0.29, 0.717) is 57.5 Å². The summed E-state index contributed by atoms with van der Waals surface area (Å²) in [6.45, 7) is 0.952. The van der Waals surface area contributed by atoms with Crippen molar-refractivity contribution in [3.05, 3.63) is 191 Å². The normalized spacial score (nSPS) is 13.0. The number of carbonyl (C=O) groups excluding carboxylic acids is 2. The van der Waals surface area contributed by atoms with Crippen LogP contribution in [-0.2, 0) is 13.1 Å². The van der Waals surface area contributed by atoms with Crippen molar-refractivity contribution in [3.63, 3.8) is 0 Å². The minimum absolute atomic E-state index is 0.162. The maximum atomic E-state index is 14.0. The summed E-state index contributed by atoms with van der Waals surface area (Å²) in [4.78, 5) is 44.4. The van der Waals surface area contributed by atoms with Gasteiger partial charge in [0.2, 0.25) is 0 Å². The number of anilines is 8. The van der Waals surface area contributed by atoms with Gasteiger partial charge < -0.3 is 28.8 Å². The second-order valence-electron chi connectivity index (χ2n) is 14.9. The zero-order valence-electron chi connectivity index (χ0n) is 34.4. The summed E-state index contributed by atoms with van der Waals surface area (Å²) in [7, 11) is 5.45. The number of benzene rings is 6. The van der Waals surface area contributed by atoms with Crippen LogP contribution in [0.4, 0.5) is 45.8 Å². The molecule has 0 bridgehead atoms. The number of aromatic hydroxyl groups is 1. The molecule has 0 saturated heterocycles. The summed E-state index contributed by atoms with van der Waals surface area (Å²) in [5.41, 5.74) is 7.57. The lowest BCUT2D eigenvalue weighted by molar-refractivity contribution is 0.0984. The highest BCUT2D eigenvalue weighted by Gasteiger charge is 2.36. The summed E-state index contributed by atoms with van der Waals surface area (Å²) < 4.78 is 8.98. The molecule has 10 rings (SSSR count). The van der Waals surface area contributed by atoms with Crippen molar-refractivity contribution in [2.75, 3.05) is 40.8 Å². The number of phenolic OH excluding ortho intramolecular Hbond substituents is 1. The second-order valence-corrected chi connectivity index (χ2v) is 15.8. The molecule has 0 atom stereocenters. The topological polar surface area (TPSA) is 112 Å². The van der Waals surface area contributed by atoms with Gasteiger partial charge in [-0.3, -0.25) is 19.4 Å². The number of nitrogens with zero attached hydrogens (tertiary/aromatic N) is 8. The van der Waals surface area contributed by atoms with Crippen LogP contribution in [0.2, 0.25) is 10.0 Å². The molecular weight excluding hydrogens is 835 g/mol. The van der Waals surface area contributed by atoms with E-state index in [9.17, 15) is 14.7 Å². The summed E-state index contributed by atoms with van der Waals surface area (Å²) in [6, 6.07) is 44.9. The van der Waals surface area contributed by atoms with Gasteiger partial charge >= 0.3 is 0 Å². The van der Waals surface area contributed by atoms with Crippen LogP contribution in [-0.4, -0.2) is 57.2 Å². The van der Waals surface area contributed by atoms with Crippen molar-refractivity contribution >= 4 is 80.8 Å². The quantitative estimate of drug-likeness (QED) is 0.168. The molecule has 2 aromatic heterocycles. The Kier molecular flexibility index (Phi) is 11.1. The van der Waals surface area contributed by atoms with Crippen molar-refractivity contribution in [3.8, 4) is 11.5 Å². The van der Waals surface area contributed by atoms with E-state index in [4.69, 9.17) is 27.9 Å². The first-order valence-electron chi connectivity index (χ1n) is 20.0. The highest BCUT2D eigenvalue weighted by molar-refractivity contribution is 6.32. The van der Waals surface area contributed by atoms with Gasteiger partial charge in [-0.15, -0.1) is 0 Å². The lowest BCUT2D eigenvalue weighted by Crippen LogP contribution is -2.27. The highest BCUT2D eigenvalue weighted by atomic mass is 35.5. The fourth-order valence-corrected chi connectivity index (χ4v) is 8.21. The molecule has 63 heavy (non-hydrogen) atoms. The Morgan fingerprint density at radius 1 is 0.540 bits per heavy atom. The van der Waals surface area contributed by atoms with Gasteiger partial charge in [0.25, 0.3) is 11.8 Å². The van der Waals surface area contributed by atoms with Crippen LogP contribution in [0.5, 0.6) is 11.5 Å². The Labute approximate surface area is 374 Å². The van der Waals surface area contributed by atoms with E-state index >= 15 is 0 Å². The number of para-hydroxylation sites is 2. The third-order valence-electron chi connectivity index (χ3n) is 11.0. The number of hydrogen-bond acceptors (Lipinski definition) is 8. The van der Waals surface area contributed by atoms with Crippen LogP contribution < -0.4 is 24.3 Å². The molecule has 0 fully saturated rings. The molecule has 2 aliphatic rings. The van der Waals surface area contributed by atoms with E-state index in [1.165, 1.54) is 0 Å². The molecule has 0 aliphatic carbocycles. The maximum absolute atomic E-state index is 14.0.